The van der Waals surface area contributed by atoms with Crippen LogP contribution in [-0.4, -0.2) is 112 Å². The van der Waals surface area contributed by atoms with Crippen molar-refractivity contribution in [2.75, 3.05) is 90.2 Å². The Balaban J connectivity index is 1.09. The molecule has 1 unspecified atom stereocenters. The maximum atomic E-state index is 13.1. The summed E-state index contributed by atoms with van der Waals surface area (Å²) >= 11 is 0. The normalized spacial score (nSPS) is 23.5. The van der Waals surface area contributed by atoms with Crippen LogP contribution < -0.4 is 4.90 Å². The zero-order valence-corrected chi connectivity index (χ0v) is 18.4. The number of carbonyl (C=O) groups excluding carboxylic acids is 1. The van der Waals surface area contributed by atoms with Crippen molar-refractivity contribution in [1.82, 2.24) is 14.7 Å². The zero-order chi connectivity index (χ0) is 21.5. The Morgan fingerprint density at radius 3 is 2.45 bits per heavy atom. The fourth-order valence-corrected chi connectivity index (χ4v) is 4.59. The van der Waals surface area contributed by atoms with Gasteiger partial charge in [-0.1, -0.05) is 0 Å². The number of hydrogen-bond donors (Lipinski definition) is 0. The Bertz CT molecular complexity index is 691. The van der Waals surface area contributed by atoms with Crippen LogP contribution in [0.25, 0.3) is 0 Å². The standard InChI is InChI=1S/C23H35FN4O3/c24-20-1-3-21(4-2-20)27-9-11-28(12-10-27)23(29)6-8-26-7-5-22(19-26)31-18-15-25-13-16-30-17-14-25/h1-4,22H,5-19H2. The first-order chi connectivity index (χ1) is 15.2. The number of carbonyl (C=O) groups is 1. The topological polar surface area (TPSA) is 48.5 Å². The van der Waals surface area contributed by atoms with Crippen LogP contribution in [0.1, 0.15) is 12.8 Å². The number of benzene rings is 1. The lowest BCUT2D eigenvalue weighted by Gasteiger charge is -2.36. The van der Waals surface area contributed by atoms with Gasteiger partial charge in [0.25, 0.3) is 0 Å². The van der Waals surface area contributed by atoms with E-state index in [4.69, 9.17) is 9.47 Å². The van der Waals surface area contributed by atoms with Gasteiger partial charge in [-0.25, -0.2) is 4.39 Å². The smallest absolute Gasteiger partial charge is 0.223 e. The van der Waals surface area contributed by atoms with E-state index in [0.717, 1.165) is 97.4 Å². The van der Waals surface area contributed by atoms with E-state index in [-0.39, 0.29) is 17.8 Å². The van der Waals surface area contributed by atoms with E-state index in [1.54, 1.807) is 12.1 Å². The summed E-state index contributed by atoms with van der Waals surface area (Å²) in [5.41, 5.74) is 1.02. The zero-order valence-electron chi connectivity index (χ0n) is 18.4. The molecule has 1 amide bonds. The molecular weight excluding hydrogens is 399 g/mol. The van der Waals surface area contributed by atoms with Gasteiger partial charge in [-0.2, -0.15) is 0 Å². The number of likely N-dealkylation sites (tertiary alicyclic amines) is 1. The minimum absolute atomic E-state index is 0.218. The van der Waals surface area contributed by atoms with Gasteiger partial charge in [-0.3, -0.25) is 9.69 Å². The van der Waals surface area contributed by atoms with Gasteiger partial charge < -0.3 is 24.2 Å². The van der Waals surface area contributed by atoms with Gasteiger partial charge in [0.05, 0.1) is 25.9 Å². The Labute approximate surface area is 184 Å². The van der Waals surface area contributed by atoms with Crippen molar-refractivity contribution in [3.8, 4) is 0 Å². The molecule has 1 aromatic carbocycles. The highest BCUT2D eigenvalue weighted by Gasteiger charge is 2.26. The lowest BCUT2D eigenvalue weighted by molar-refractivity contribution is -0.131. The molecule has 1 aromatic rings. The highest BCUT2D eigenvalue weighted by molar-refractivity contribution is 5.76. The molecule has 3 fully saturated rings. The molecule has 3 heterocycles. The first-order valence-corrected chi connectivity index (χ1v) is 11.6. The molecule has 8 heteroatoms. The second-order valence-electron chi connectivity index (χ2n) is 8.63. The Morgan fingerprint density at radius 2 is 1.71 bits per heavy atom. The molecule has 0 aromatic heterocycles. The fourth-order valence-electron chi connectivity index (χ4n) is 4.59. The molecule has 4 rings (SSSR count). The van der Waals surface area contributed by atoms with Crippen LogP contribution in [-0.2, 0) is 14.3 Å². The van der Waals surface area contributed by atoms with Gasteiger partial charge >= 0.3 is 0 Å². The lowest BCUT2D eigenvalue weighted by Crippen LogP contribution is -2.49. The summed E-state index contributed by atoms with van der Waals surface area (Å²) in [4.78, 5) is 21.6. The molecule has 3 aliphatic heterocycles. The quantitative estimate of drug-likeness (QED) is 0.615. The monoisotopic (exact) mass is 434 g/mol. The van der Waals surface area contributed by atoms with Crippen molar-refractivity contribution in [3.05, 3.63) is 30.1 Å². The van der Waals surface area contributed by atoms with Crippen LogP contribution >= 0.6 is 0 Å². The summed E-state index contributed by atoms with van der Waals surface area (Å²) in [6.07, 6.45) is 1.90. The minimum Gasteiger partial charge on any atom is -0.379 e. The van der Waals surface area contributed by atoms with Crippen molar-refractivity contribution in [2.45, 2.75) is 18.9 Å². The number of rotatable bonds is 8. The molecule has 0 bridgehead atoms. The SMILES string of the molecule is O=C(CCN1CCC(OCCN2CCOCC2)C1)N1CCN(c2ccc(F)cc2)CC1. The van der Waals surface area contributed by atoms with Crippen molar-refractivity contribution < 1.29 is 18.7 Å². The number of amides is 1. The van der Waals surface area contributed by atoms with Gasteiger partial charge in [-0.15, -0.1) is 0 Å². The number of ether oxygens (including phenoxy) is 2. The predicted octanol–water partition coefficient (Wildman–Crippen LogP) is 1.29. The minimum atomic E-state index is -0.218. The largest absolute Gasteiger partial charge is 0.379 e. The van der Waals surface area contributed by atoms with Gasteiger partial charge in [0.1, 0.15) is 5.82 Å². The van der Waals surface area contributed by atoms with Crippen molar-refractivity contribution in [1.29, 1.82) is 0 Å². The average Bonchev–Trinajstić information content (AvgIpc) is 3.26. The van der Waals surface area contributed by atoms with Crippen LogP contribution in [0.4, 0.5) is 10.1 Å². The summed E-state index contributed by atoms with van der Waals surface area (Å²) in [7, 11) is 0. The molecule has 0 saturated carbocycles. The average molecular weight is 435 g/mol. The number of piperazine rings is 1. The molecule has 172 valence electrons. The van der Waals surface area contributed by atoms with Gasteiger partial charge in [0.2, 0.25) is 5.91 Å². The first-order valence-electron chi connectivity index (χ1n) is 11.6. The third-order valence-electron chi connectivity index (χ3n) is 6.56. The van der Waals surface area contributed by atoms with Crippen LogP contribution in [0.15, 0.2) is 24.3 Å². The molecular formula is C23H35FN4O3. The third kappa shape index (κ3) is 6.62. The van der Waals surface area contributed by atoms with E-state index >= 15 is 0 Å². The number of hydrogen-bond acceptors (Lipinski definition) is 6. The van der Waals surface area contributed by atoms with Crippen LogP contribution in [0.2, 0.25) is 0 Å². The van der Waals surface area contributed by atoms with Crippen LogP contribution in [0, 0.1) is 5.82 Å². The van der Waals surface area contributed by atoms with E-state index in [9.17, 15) is 9.18 Å². The first kappa shape index (κ1) is 22.5. The second kappa shape index (κ2) is 11.2. The lowest BCUT2D eigenvalue weighted by atomic mass is 10.2. The van der Waals surface area contributed by atoms with Gasteiger partial charge in [0.15, 0.2) is 0 Å². The summed E-state index contributed by atoms with van der Waals surface area (Å²) in [6, 6.07) is 6.59. The van der Waals surface area contributed by atoms with Crippen molar-refractivity contribution in [2.24, 2.45) is 0 Å². The van der Waals surface area contributed by atoms with Crippen molar-refractivity contribution >= 4 is 11.6 Å². The Hall–Kier alpha value is -1.74. The molecule has 3 aliphatic rings. The van der Waals surface area contributed by atoms with E-state index in [0.29, 0.717) is 6.42 Å². The molecule has 3 saturated heterocycles. The van der Waals surface area contributed by atoms with E-state index in [1.165, 1.54) is 12.1 Å². The van der Waals surface area contributed by atoms with E-state index in [1.807, 2.05) is 4.90 Å². The molecule has 0 aliphatic carbocycles. The Kier molecular flexibility index (Phi) is 8.13. The number of morpholine rings is 1. The number of nitrogens with zero attached hydrogens (tertiary/aromatic N) is 4. The fraction of sp³-hybridized carbons (Fsp3) is 0.696. The third-order valence-corrected chi connectivity index (χ3v) is 6.56. The Morgan fingerprint density at radius 1 is 0.968 bits per heavy atom. The molecule has 31 heavy (non-hydrogen) atoms. The van der Waals surface area contributed by atoms with Gasteiger partial charge in [-0.05, 0) is 30.7 Å². The maximum Gasteiger partial charge on any atom is 0.223 e. The highest BCUT2D eigenvalue weighted by Crippen LogP contribution is 2.18. The van der Waals surface area contributed by atoms with Gasteiger partial charge in [0, 0.05) is 77.6 Å². The van der Waals surface area contributed by atoms with Crippen molar-refractivity contribution in [3.63, 3.8) is 0 Å². The molecule has 0 N–H and O–H groups in total. The molecule has 7 nitrogen and oxygen atoms in total. The van der Waals surface area contributed by atoms with Crippen LogP contribution in [0.3, 0.4) is 0 Å². The highest BCUT2D eigenvalue weighted by atomic mass is 19.1. The van der Waals surface area contributed by atoms with Crippen LogP contribution in [0.5, 0.6) is 0 Å². The summed E-state index contributed by atoms with van der Waals surface area (Å²) < 4.78 is 24.6. The number of anilines is 1. The predicted molar refractivity (Wildman–Crippen MR) is 118 cm³/mol. The molecule has 1 atom stereocenters. The number of halogens is 1. The maximum absolute atomic E-state index is 13.1. The molecule has 0 spiro atoms. The summed E-state index contributed by atoms with van der Waals surface area (Å²) in [6.45, 7) is 11.2. The molecule has 0 radical (unpaired) electrons. The second-order valence-corrected chi connectivity index (χ2v) is 8.63. The summed E-state index contributed by atoms with van der Waals surface area (Å²) in [5.74, 6) is 0.0136. The summed E-state index contributed by atoms with van der Waals surface area (Å²) in [5, 5.41) is 0. The van der Waals surface area contributed by atoms with E-state index in [2.05, 4.69) is 14.7 Å². The van der Waals surface area contributed by atoms with E-state index < -0.39 is 0 Å².